The molecule has 2 aromatic rings. The van der Waals surface area contributed by atoms with Gasteiger partial charge in [-0.15, -0.1) is 0 Å². The number of hydrogen-bond acceptors (Lipinski definition) is 3. The molecule has 0 saturated carbocycles. The first-order valence-corrected chi connectivity index (χ1v) is 4.97. The molecule has 1 heterocycles. The molecule has 0 bridgehead atoms. The Labute approximate surface area is 94.4 Å². The van der Waals surface area contributed by atoms with Crippen molar-refractivity contribution < 1.29 is 4.74 Å². The van der Waals surface area contributed by atoms with Crippen LogP contribution in [0.15, 0.2) is 53.7 Å². The summed E-state index contributed by atoms with van der Waals surface area (Å²) in [5.74, 6) is 0.596. The summed E-state index contributed by atoms with van der Waals surface area (Å²) in [6.45, 7) is 0. The van der Waals surface area contributed by atoms with Crippen molar-refractivity contribution in [3.8, 4) is 5.88 Å². The van der Waals surface area contributed by atoms with Gasteiger partial charge in [0, 0.05) is 12.3 Å². The van der Waals surface area contributed by atoms with Gasteiger partial charge in [0.25, 0.3) is 0 Å². The van der Waals surface area contributed by atoms with Gasteiger partial charge in [0.1, 0.15) is 0 Å². The van der Waals surface area contributed by atoms with Crippen molar-refractivity contribution >= 4 is 11.9 Å². The highest BCUT2D eigenvalue weighted by Gasteiger charge is 1.92. The first-order chi connectivity index (χ1) is 7.88. The third kappa shape index (κ3) is 2.67. The van der Waals surface area contributed by atoms with E-state index in [4.69, 9.17) is 4.74 Å². The van der Waals surface area contributed by atoms with Crippen LogP contribution < -0.4 is 4.74 Å². The van der Waals surface area contributed by atoms with Gasteiger partial charge in [-0.2, -0.15) is 0 Å². The number of aromatic nitrogens is 1. The van der Waals surface area contributed by atoms with Crippen LogP contribution in [0.1, 0.15) is 5.56 Å². The van der Waals surface area contributed by atoms with Crippen LogP contribution >= 0.6 is 0 Å². The lowest BCUT2D eigenvalue weighted by atomic mass is 10.2. The Morgan fingerprint density at radius 3 is 2.56 bits per heavy atom. The molecule has 0 radical (unpaired) electrons. The first kappa shape index (κ1) is 10.4. The van der Waals surface area contributed by atoms with Crippen molar-refractivity contribution in [2.45, 2.75) is 0 Å². The first-order valence-electron chi connectivity index (χ1n) is 4.97. The van der Waals surface area contributed by atoms with Crippen molar-refractivity contribution in [2.24, 2.45) is 4.99 Å². The van der Waals surface area contributed by atoms with Crippen LogP contribution in [0, 0.1) is 0 Å². The second-order valence-electron chi connectivity index (χ2n) is 3.23. The minimum absolute atomic E-state index is 0.596. The van der Waals surface area contributed by atoms with Crippen LogP contribution in [0.3, 0.4) is 0 Å². The molecule has 1 aromatic heterocycles. The van der Waals surface area contributed by atoms with Gasteiger partial charge in [-0.05, 0) is 11.6 Å². The van der Waals surface area contributed by atoms with Crippen molar-refractivity contribution in [3.63, 3.8) is 0 Å². The minimum atomic E-state index is 0.596. The molecule has 0 atom stereocenters. The molecule has 0 N–H and O–H groups in total. The molecule has 3 heteroatoms. The van der Waals surface area contributed by atoms with Crippen LogP contribution in [0.25, 0.3) is 0 Å². The number of benzene rings is 1. The molecule has 0 aliphatic heterocycles. The normalized spacial score (nSPS) is 10.6. The van der Waals surface area contributed by atoms with Crippen molar-refractivity contribution in [1.29, 1.82) is 0 Å². The van der Waals surface area contributed by atoms with Gasteiger partial charge in [-0.25, -0.2) is 4.98 Å². The number of nitrogens with zero attached hydrogens (tertiary/aromatic N) is 2. The average Bonchev–Trinajstić information content (AvgIpc) is 2.38. The van der Waals surface area contributed by atoms with Crippen molar-refractivity contribution in [2.75, 3.05) is 7.11 Å². The Morgan fingerprint density at radius 1 is 1.12 bits per heavy atom. The molecule has 2 rings (SSSR count). The predicted octanol–water partition coefficient (Wildman–Crippen LogP) is 2.84. The topological polar surface area (TPSA) is 34.5 Å². The molecular formula is C13H12N2O. The molecule has 0 fully saturated rings. The van der Waals surface area contributed by atoms with E-state index in [1.807, 2.05) is 42.6 Å². The van der Waals surface area contributed by atoms with Crippen LogP contribution in [0.5, 0.6) is 5.88 Å². The highest BCUT2D eigenvalue weighted by Crippen LogP contribution is 2.13. The maximum atomic E-state index is 4.97. The number of methoxy groups -OCH3 is 1. The minimum Gasteiger partial charge on any atom is -0.481 e. The van der Waals surface area contributed by atoms with Crippen molar-refractivity contribution in [3.05, 3.63) is 54.2 Å². The second-order valence-corrected chi connectivity index (χ2v) is 3.23. The SMILES string of the molecule is COc1ccc(N=Cc2ccccc2)cn1. The number of aliphatic imine (C=N–C) groups is 1. The highest BCUT2D eigenvalue weighted by atomic mass is 16.5. The van der Waals surface area contributed by atoms with Crippen LogP contribution in [-0.2, 0) is 0 Å². The summed E-state index contributed by atoms with van der Waals surface area (Å²) in [5.41, 5.74) is 1.88. The van der Waals surface area contributed by atoms with E-state index < -0.39 is 0 Å². The van der Waals surface area contributed by atoms with Gasteiger partial charge < -0.3 is 4.74 Å². The van der Waals surface area contributed by atoms with Crippen molar-refractivity contribution in [1.82, 2.24) is 4.98 Å². The Hall–Kier alpha value is -2.16. The summed E-state index contributed by atoms with van der Waals surface area (Å²) in [6, 6.07) is 13.6. The molecule has 1 aromatic carbocycles. The molecule has 80 valence electrons. The standard InChI is InChI=1S/C13H12N2O/c1-16-13-8-7-12(10-15-13)14-9-11-5-3-2-4-6-11/h2-10H,1H3. The highest BCUT2D eigenvalue weighted by molar-refractivity contribution is 5.81. The smallest absolute Gasteiger partial charge is 0.213 e. The summed E-state index contributed by atoms with van der Waals surface area (Å²) in [5, 5.41) is 0. The number of rotatable bonds is 3. The van der Waals surface area contributed by atoms with E-state index in [-0.39, 0.29) is 0 Å². The van der Waals surface area contributed by atoms with Gasteiger partial charge in [0.05, 0.1) is 19.0 Å². The van der Waals surface area contributed by atoms with E-state index in [0.29, 0.717) is 5.88 Å². The molecular weight excluding hydrogens is 200 g/mol. The third-order valence-electron chi connectivity index (χ3n) is 2.09. The zero-order valence-electron chi connectivity index (χ0n) is 9.00. The maximum Gasteiger partial charge on any atom is 0.213 e. The molecule has 16 heavy (non-hydrogen) atoms. The largest absolute Gasteiger partial charge is 0.481 e. The Kier molecular flexibility index (Phi) is 3.28. The Balaban J connectivity index is 2.12. The van der Waals surface area contributed by atoms with Gasteiger partial charge in [-0.1, -0.05) is 30.3 Å². The van der Waals surface area contributed by atoms with Crippen LogP contribution in [-0.4, -0.2) is 18.3 Å². The molecule has 0 spiro atoms. The zero-order valence-corrected chi connectivity index (χ0v) is 9.00. The lowest BCUT2D eigenvalue weighted by molar-refractivity contribution is 0.398. The van der Waals surface area contributed by atoms with Gasteiger partial charge >= 0.3 is 0 Å². The summed E-state index contributed by atoms with van der Waals surface area (Å²) in [6.07, 6.45) is 3.49. The monoisotopic (exact) mass is 212 g/mol. The lowest BCUT2D eigenvalue weighted by Crippen LogP contribution is -1.85. The fourth-order valence-corrected chi connectivity index (χ4v) is 1.26. The van der Waals surface area contributed by atoms with Gasteiger partial charge in [0.15, 0.2) is 0 Å². The van der Waals surface area contributed by atoms with E-state index >= 15 is 0 Å². The van der Waals surface area contributed by atoms with Gasteiger partial charge in [0.2, 0.25) is 5.88 Å². The Bertz CT molecular complexity index is 463. The van der Waals surface area contributed by atoms with E-state index in [1.165, 1.54) is 0 Å². The fourth-order valence-electron chi connectivity index (χ4n) is 1.26. The van der Waals surface area contributed by atoms with Crippen LogP contribution in [0.4, 0.5) is 5.69 Å². The predicted molar refractivity (Wildman–Crippen MR) is 64.5 cm³/mol. The molecule has 0 aliphatic carbocycles. The molecule has 0 aliphatic rings. The van der Waals surface area contributed by atoms with E-state index in [2.05, 4.69) is 9.98 Å². The average molecular weight is 212 g/mol. The quantitative estimate of drug-likeness (QED) is 0.733. The lowest BCUT2D eigenvalue weighted by Gasteiger charge is -1.97. The molecule has 0 unspecified atom stereocenters. The van der Waals surface area contributed by atoms with E-state index in [9.17, 15) is 0 Å². The summed E-state index contributed by atoms with van der Waals surface area (Å²) >= 11 is 0. The van der Waals surface area contributed by atoms with E-state index in [1.54, 1.807) is 19.4 Å². The number of pyridine rings is 1. The summed E-state index contributed by atoms with van der Waals surface area (Å²) in [4.78, 5) is 8.38. The number of hydrogen-bond donors (Lipinski definition) is 0. The third-order valence-corrected chi connectivity index (χ3v) is 2.09. The summed E-state index contributed by atoms with van der Waals surface area (Å²) in [7, 11) is 1.59. The van der Waals surface area contributed by atoms with E-state index in [0.717, 1.165) is 11.3 Å². The maximum absolute atomic E-state index is 4.97. The second kappa shape index (κ2) is 5.07. The fraction of sp³-hybridized carbons (Fsp3) is 0.0769. The number of ether oxygens (including phenoxy) is 1. The molecule has 0 saturated heterocycles. The Morgan fingerprint density at radius 2 is 1.94 bits per heavy atom. The molecule has 0 amide bonds. The zero-order chi connectivity index (χ0) is 11.2. The van der Waals surface area contributed by atoms with Gasteiger partial charge in [-0.3, -0.25) is 4.99 Å². The molecule has 3 nitrogen and oxygen atoms in total. The van der Waals surface area contributed by atoms with Crippen LogP contribution in [0.2, 0.25) is 0 Å². The summed E-state index contributed by atoms with van der Waals surface area (Å²) < 4.78 is 4.97.